The zero-order chi connectivity index (χ0) is 18.3. The summed E-state index contributed by atoms with van der Waals surface area (Å²) in [6, 6.07) is 8.20. The first kappa shape index (κ1) is 16.0. The quantitative estimate of drug-likeness (QED) is 0.598. The fourth-order valence-corrected chi connectivity index (χ4v) is 2.83. The largest absolute Gasteiger partial charge is 0.383 e. The number of nitrogens with two attached hydrogens (primary N) is 1. The van der Waals surface area contributed by atoms with Gasteiger partial charge in [-0.15, -0.1) is 0 Å². The molecule has 0 aliphatic rings. The van der Waals surface area contributed by atoms with Crippen molar-refractivity contribution in [1.29, 1.82) is 0 Å². The van der Waals surface area contributed by atoms with Crippen LogP contribution in [-0.2, 0) is 7.05 Å². The fourth-order valence-electron chi connectivity index (χ4n) is 2.83. The molecule has 2 N–H and O–H groups in total. The van der Waals surface area contributed by atoms with Crippen molar-refractivity contribution in [3.63, 3.8) is 0 Å². The van der Waals surface area contributed by atoms with Crippen LogP contribution >= 0.6 is 0 Å². The van der Waals surface area contributed by atoms with E-state index in [1.807, 2.05) is 31.1 Å². The van der Waals surface area contributed by atoms with Gasteiger partial charge in [-0.2, -0.15) is 20.2 Å². The van der Waals surface area contributed by atoms with Crippen molar-refractivity contribution in [3.8, 4) is 5.69 Å². The van der Waals surface area contributed by atoms with E-state index in [1.165, 1.54) is 6.33 Å². The molecule has 0 saturated heterocycles. The van der Waals surface area contributed by atoms with Gasteiger partial charge in [0, 0.05) is 14.1 Å². The van der Waals surface area contributed by atoms with E-state index in [0.29, 0.717) is 17.4 Å². The van der Waals surface area contributed by atoms with Crippen molar-refractivity contribution in [2.24, 2.45) is 7.05 Å². The van der Waals surface area contributed by atoms with Crippen molar-refractivity contribution < 1.29 is 0 Å². The number of fused-ring (bicyclic) bond motifs is 1. The second-order valence-electron chi connectivity index (χ2n) is 6.13. The molecule has 0 aliphatic heterocycles. The third-order valence-corrected chi connectivity index (χ3v) is 4.56. The van der Waals surface area contributed by atoms with Gasteiger partial charge < -0.3 is 10.6 Å². The molecule has 0 spiro atoms. The zero-order valence-electron chi connectivity index (χ0n) is 14.8. The molecule has 0 saturated carbocycles. The highest BCUT2D eigenvalue weighted by molar-refractivity contribution is 5.86. The smallest absolute Gasteiger partial charge is 0.229 e. The molecule has 4 rings (SSSR count). The van der Waals surface area contributed by atoms with Crippen molar-refractivity contribution in [2.45, 2.75) is 13.0 Å². The molecule has 3 aromatic heterocycles. The Morgan fingerprint density at radius 3 is 2.58 bits per heavy atom. The molecule has 132 valence electrons. The van der Waals surface area contributed by atoms with Crippen LogP contribution in [0.2, 0.25) is 0 Å². The van der Waals surface area contributed by atoms with E-state index in [0.717, 1.165) is 16.6 Å². The molecular weight excluding hydrogens is 330 g/mol. The molecule has 0 bridgehead atoms. The lowest BCUT2D eigenvalue weighted by Crippen LogP contribution is -2.24. The van der Waals surface area contributed by atoms with E-state index in [9.17, 15) is 0 Å². The van der Waals surface area contributed by atoms with Crippen LogP contribution < -0.4 is 10.6 Å². The highest BCUT2D eigenvalue weighted by Gasteiger charge is 2.18. The Bertz CT molecular complexity index is 1030. The number of aryl methyl sites for hydroxylation is 1. The molecular formula is C17H19N9. The van der Waals surface area contributed by atoms with E-state index in [4.69, 9.17) is 5.73 Å². The average molecular weight is 349 g/mol. The number of nitrogens with zero attached hydrogens (tertiary/aromatic N) is 8. The molecule has 26 heavy (non-hydrogen) atoms. The van der Waals surface area contributed by atoms with E-state index in [2.05, 4.69) is 44.2 Å². The fraction of sp³-hybridized carbons (Fsp3) is 0.235. The molecule has 3 heterocycles. The van der Waals surface area contributed by atoms with Gasteiger partial charge in [0.25, 0.3) is 0 Å². The summed E-state index contributed by atoms with van der Waals surface area (Å²) in [6.07, 6.45) is 4.87. The monoisotopic (exact) mass is 349 g/mol. The van der Waals surface area contributed by atoms with Crippen LogP contribution in [0.25, 0.3) is 16.7 Å². The lowest BCUT2D eigenvalue weighted by molar-refractivity contribution is 0.713. The predicted molar refractivity (Wildman–Crippen MR) is 98.9 cm³/mol. The van der Waals surface area contributed by atoms with E-state index in [-0.39, 0.29) is 6.04 Å². The molecule has 9 heteroatoms. The Kier molecular flexibility index (Phi) is 3.76. The summed E-state index contributed by atoms with van der Waals surface area (Å²) in [5.74, 6) is 0.991. The Morgan fingerprint density at radius 1 is 1.12 bits per heavy atom. The normalized spacial score (nSPS) is 12.4. The highest BCUT2D eigenvalue weighted by atomic mass is 15.3. The summed E-state index contributed by atoms with van der Waals surface area (Å²) < 4.78 is 3.42. The standard InChI is InChI=1S/C17H19N9/c1-11(12-4-6-13(7-5-12)26-10-19-9-21-26)24(2)17-22-15(18)14-8-20-25(3)16(14)23-17/h4-11H,1-3H3,(H2,18,22,23). The maximum Gasteiger partial charge on any atom is 0.229 e. The minimum Gasteiger partial charge on any atom is -0.383 e. The van der Waals surface area contributed by atoms with Crippen LogP contribution in [0.3, 0.4) is 0 Å². The maximum atomic E-state index is 6.07. The number of hydrogen-bond acceptors (Lipinski definition) is 7. The molecule has 9 nitrogen and oxygen atoms in total. The number of hydrogen-bond donors (Lipinski definition) is 1. The molecule has 4 aromatic rings. The zero-order valence-corrected chi connectivity index (χ0v) is 14.8. The van der Waals surface area contributed by atoms with Gasteiger partial charge in [-0.3, -0.25) is 4.68 Å². The van der Waals surface area contributed by atoms with Crippen LogP contribution in [0.4, 0.5) is 11.8 Å². The first-order chi connectivity index (χ1) is 12.5. The maximum absolute atomic E-state index is 6.07. The van der Waals surface area contributed by atoms with Gasteiger partial charge in [-0.25, -0.2) is 9.67 Å². The molecule has 1 atom stereocenters. The van der Waals surface area contributed by atoms with Crippen molar-refractivity contribution in [2.75, 3.05) is 17.7 Å². The minimum atomic E-state index is 0.0601. The number of aromatic nitrogens is 7. The first-order valence-corrected chi connectivity index (χ1v) is 8.17. The van der Waals surface area contributed by atoms with Crippen LogP contribution in [0, 0.1) is 0 Å². The SMILES string of the molecule is CC(c1ccc(-n2cncn2)cc1)N(C)c1nc(N)c2cnn(C)c2n1. The Balaban J connectivity index is 1.63. The van der Waals surface area contributed by atoms with Gasteiger partial charge in [0.05, 0.1) is 23.3 Å². The summed E-state index contributed by atoms with van der Waals surface area (Å²) >= 11 is 0. The molecule has 1 aromatic carbocycles. The third-order valence-electron chi connectivity index (χ3n) is 4.56. The van der Waals surface area contributed by atoms with E-state index in [1.54, 1.807) is 21.9 Å². The summed E-state index contributed by atoms with van der Waals surface area (Å²) in [5, 5.41) is 9.09. The average Bonchev–Trinajstić information content (AvgIpc) is 3.31. The first-order valence-electron chi connectivity index (χ1n) is 8.17. The second-order valence-corrected chi connectivity index (χ2v) is 6.13. The molecule has 0 amide bonds. The Labute approximate surface area is 150 Å². The second kappa shape index (κ2) is 6.10. The highest BCUT2D eigenvalue weighted by Crippen LogP contribution is 2.26. The number of benzene rings is 1. The number of rotatable bonds is 4. The predicted octanol–water partition coefficient (Wildman–Crippen LogP) is 1.72. The number of anilines is 2. The molecule has 0 radical (unpaired) electrons. The molecule has 1 unspecified atom stereocenters. The van der Waals surface area contributed by atoms with Gasteiger partial charge in [0.15, 0.2) is 5.65 Å². The Morgan fingerprint density at radius 2 is 1.88 bits per heavy atom. The summed E-state index contributed by atoms with van der Waals surface area (Å²) in [6.45, 7) is 2.09. The van der Waals surface area contributed by atoms with Crippen LogP contribution in [0.15, 0.2) is 43.1 Å². The summed E-state index contributed by atoms with van der Waals surface area (Å²) in [7, 11) is 3.79. The lowest BCUT2D eigenvalue weighted by Gasteiger charge is -2.25. The molecule has 0 aliphatic carbocycles. The lowest BCUT2D eigenvalue weighted by atomic mass is 10.1. The van der Waals surface area contributed by atoms with Crippen molar-refractivity contribution in [1.82, 2.24) is 34.5 Å². The van der Waals surface area contributed by atoms with Gasteiger partial charge >= 0.3 is 0 Å². The minimum absolute atomic E-state index is 0.0601. The van der Waals surface area contributed by atoms with Crippen molar-refractivity contribution >= 4 is 22.8 Å². The van der Waals surface area contributed by atoms with Gasteiger partial charge in [0.2, 0.25) is 5.95 Å². The van der Waals surface area contributed by atoms with Crippen LogP contribution in [0.1, 0.15) is 18.5 Å². The number of nitrogen functional groups attached to an aromatic ring is 1. The van der Waals surface area contributed by atoms with Crippen LogP contribution in [0.5, 0.6) is 0 Å². The Hall–Kier alpha value is -3.49. The summed E-state index contributed by atoms with van der Waals surface area (Å²) in [4.78, 5) is 15.0. The van der Waals surface area contributed by atoms with Crippen molar-refractivity contribution in [3.05, 3.63) is 48.7 Å². The van der Waals surface area contributed by atoms with Gasteiger partial charge in [-0.05, 0) is 24.6 Å². The van der Waals surface area contributed by atoms with Crippen LogP contribution in [-0.4, -0.2) is 41.6 Å². The third kappa shape index (κ3) is 2.63. The van der Waals surface area contributed by atoms with E-state index < -0.39 is 0 Å². The molecule has 0 fully saturated rings. The topological polar surface area (TPSA) is 104 Å². The van der Waals surface area contributed by atoms with Gasteiger partial charge in [0.1, 0.15) is 18.5 Å². The van der Waals surface area contributed by atoms with Gasteiger partial charge in [-0.1, -0.05) is 12.1 Å². The van der Waals surface area contributed by atoms with E-state index >= 15 is 0 Å². The summed E-state index contributed by atoms with van der Waals surface area (Å²) in [5.41, 5.74) is 8.87.